The molecule has 0 saturated carbocycles. The van der Waals surface area contributed by atoms with Crippen molar-refractivity contribution >= 4 is 17.4 Å². The Balaban J connectivity index is 1.26. The fourth-order valence-electron chi connectivity index (χ4n) is 5.59. The van der Waals surface area contributed by atoms with E-state index in [0.29, 0.717) is 36.3 Å². The molecule has 1 fully saturated rings. The molecule has 0 spiro atoms. The number of aliphatic hydroxyl groups excluding tert-OH is 2. The van der Waals surface area contributed by atoms with Crippen LogP contribution in [0.2, 0.25) is 0 Å². The monoisotopic (exact) mass is 624 g/mol. The van der Waals surface area contributed by atoms with E-state index < -0.39 is 12.4 Å². The lowest BCUT2D eigenvalue weighted by Gasteiger charge is -2.38. The summed E-state index contributed by atoms with van der Waals surface area (Å²) in [4.78, 5) is 26.4. The average Bonchev–Trinajstić information content (AvgIpc) is 3.05. The number of aliphatic hydroxyl groups is 2. The summed E-state index contributed by atoms with van der Waals surface area (Å²) in [6.07, 6.45) is -1.19. The highest BCUT2D eigenvalue weighted by molar-refractivity contribution is 5.97. The molecule has 4 atom stereocenters. The van der Waals surface area contributed by atoms with Gasteiger partial charge in [-0.05, 0) is 60.5 Å². The SMILES string of the molecule is CC(=O)c1cccc(NC(=O)Cc2ccc(C3O[C@H](CN(C)C[C@@H](O)c4cccc(O)c4)C[C@H](c4ccc(CO)cc4)O3)cc2)c1. The molecule has 9 heteroatoms. The van der Waals surface area contributed by atoms with E-state index >= 15 is 0 Å². The molecule has 4 N–H and O–H groups in total. The Kier molecular flexibility index (Phi) is 11.0. The largest absolute Gasteiger partial charge is 0.508 e. The van der Waals surface area contributed by atoms with Crippen LogP contribution in [0.25, 0.3) is 0 Å². The number of anilines is 1. The highest BCUT2D eigenvalue weighted by Gasteiger charge is 2.33. The average molecular weight is 625 g/mol. The first-order valence-corrected chi connectivity index (χ1v) is 15.3. The van der Waals surface area contributed by atoms with Gasteiger partial charge in [-0.25, -0.2) is 0 Å². The summed E-state index contributed by atoms with van der Waals surface area (Å²) in [7, 11) is 1.92. The van der Waals surface area contributed by atoms with E-state index in [1.54, 1.807) is 48.5 Å². The van der Waals surface area contributed by atoms with Crippen molar-refractivity contribution in [2.24, 2.45) is 0 Å². The van der Waals surface area contributed by atoms with Crippen molar-refractivity contribution in [3.05, 3.63) is 130 Å². The van der Waals surface area contributed by atoms with Gasteiger partial charge in [0.1, 0.15) is 5.75 Å². The van der Waals surface area contributed by atoms with Gasteiger partial charge < -0.3 is 35.0 Å². The number of carbonyl (C=O) groups is 2. The van der Waals surface area contributed by atoms with Gasteiger partial charge in [-0.2, -0.15) is 0 Å². The highest BCUT2D eigenvalue weighted by Crippen LogP contribution is 2.38. The van der Waals surface area contributed by atoms with E-state index in [-0.39, 0.29) is 42.7 Å². The number of phenols is 1. The Hall–Kier alpha value is -4.38. The molecular formula is C37H40N2O7. The molecule has 9 nitrogen and oxygen atoms in total. The van der Waals surface area contributed by atoms with Gasteiger partial charge in [0.05, 0.1) is 31.3 Å². The van der Waals surface area contributed by atoms with Gasteiger partial charge in [0.25, 0.3) is 0 Å². The number of ketones is 1. The first-order valence-electron chi connectivity index (χ1n) is 15.3. The molecule has 0 aliphatic carbocycles. The zero-order valence-corrected chi connectivity index (χ0v) is 26.0. The molecule has 0 radical (unpaired) electrons. The molecule has 1 aliphatic heterocycles. The lowest BCUT2D eigenvalue weighted by molar-refractivity contribution is -0.252. The van der Waals surface area contributed by atoms with Crippen LogP contribution < -0.4 is 5.32 Å². The van der Waals surface area contributed by atoms with Gasteiger partial charge in [-0.3, -0.25) is 9.59 Å². The molecule has 1 heterocycles. The van der Waals surface area contributed by atoms with Crippen LogP contribution >= 0.6 is 0 Å². The topological polar surface area (TPSA) is 129 Å². The molecule has 5 rings (SSSR count). The third-order valence-electron chi connectivity index (χ3n) is 8.04. The Bertz CT molecular complexity index is 1620. The molecule has 0 aromatic heterocycles. The lowest BCUT2D eigenvalue weighted by Crippen LogP contribution is -2.39. The maximum absolute atomic E-state index is 12.7. The third-order valence-corrected chi connectivity index (χ3v) is 8.04. The van der Waals surface area contributed by atoms with Crippen molar-refractivity contribution in [1.82, 2.24) is 4.90 Å². The second-order valence-electron chi connectivity index (χ2n) is 11.8. The zero-order chi connectivity index (χ0) is 32.6. The van der Waals surface area contributed by atoms with Crippen LogP contribution in [0.3, 0.4) is 0 Å². The van der Waals surface area contributed by atoms with Crippen molar-refractivity contribution in [1.29, 1.82) is 0 Å². The molecule has 46 heavy (non-hydrogen) atoms. The van der Waals surface area contributed by atoms with Crippen LogP contribution in [0.1, 0.15) is 70.0 Å². The summed E-state index contributed by atoms with van der Waals surface area (Å²) in [5.74, 6) is -0.153. The van der Waals surface area contributed by atoms with Gasteiger partial charge in [-0.15, -0.1) is 0 Å². The fourth-order valence-corrected chi connectivity index (χ4v) is 5.59. The van der Waals surface area contributed by atoms with Crippen LogP contribution in [0.5, 0.6) is 5.75 Å². The standard InChI is InChI=1S/C37H40N2O7/c1-24(41)29-5-3-7-31(18-29)38-36(44)17-25-9-15-28(16-10-25)37-45-33(20-35(46-37)27-13-11-26(23-40)12-14-27)21-39(2)22-34(43)30-6-4-8-32(42)19-30/h3-16,18-19,33-35,37,40,42-43H,17,20-23H2,1-2H3,(H,38,44)/t33-,34+,35+,37?/m0/s1. The Labute approximate surface area is 269 Å². The highest BCUT2D eigenvalue weighted by atomic mass is 16.7. The molecular weight excluding hydrogens is 584 g/mol. The molecule has 1 aliphatic rings. The molecule has 240 valence electrons. The number of rotatable bonds is 12. The fraction of sp³-hybridized carbons (Fsp3) is 0.297. The molecule has 1 amide bonds. The van der Waals surface area contributed by atoms with Crippen molar-refractivity contribution in [3.63, 3.8) is 0 Å². The van der Waals surface area contributed by atoms with Crippen LogP contribution in [0, 0.1) is 0 Å². The summed E-state index contributed by atoms with van der Waals surface area (Å²) >= 11 is 0. The number of likely N-dealkylation sites (N-methyl/N-ethyl adjacent to an activating group) is 1. The third kappa shape index (κ3) is 8.87. The Morgan fingerprint density at radius 3 is 2.30 bits per heavy atom. The molecule has 1 unspecified atom stereocenters. The van der Waals surface area contributed by atoms with Crippen molar-refractivity contribution < 1.29 is 34.4 Å². The van der Waals surface area contributed by atoms with Gasteiger partial charge in [0.15, 0.2) is 12.1 Å². The molecule has 0 bridgehead atoms. The van der Waals surface area contributed by atoms with E-state index in [9.17, 15) is 24.9 Å². The minimum atomic E-state index is -0.780. The number of hydrogen-bond donors (Lipinski definition) is 4. The van der Waals surface area contributed by atoms with Crippen LogP contribution in [0.15, 0.2) is 97.1 Å². The van der Waals surface area contributed by atoms with Crippen molar-refractivity contribution in [2.75, 3.05) is 25.5 Å². The van der Waals surface area contributed by atoms with Gasteiger partial charge in [0.2, 0.25) is 5.91 Å². The second-order valence-corrected chi connectivity index (χ2v) is 11.8. The summed E-state index contributed by atoms with van der Waals surface area (Å²) in [6, 6.07) is 28.7. The van der Waals surface area contributed by atoms with Crippen molar-refractivity contribution in [2.45, 2.75) is 51.0 Å². The number of Topliss-reactive ketones (excluding diaryl/α,β-unsaturated/α-hetero) is 1. The molecule has 1 saturated heterocycles. The minimum absolute atomic E-state index is 0.0400. The number of carbonyl (C=O) groups excluding carboxylic acids is 2. The summed E-state index contributed by atoms with van der Waals surface area (Å²) in [6.45, 7) is 2.33. The number of nitrogens with one attached hydrogen (secondary N) is 1. The van der Waals surface area contributed by atoms with E-state index in [1.807, 2.05) is 60.5 Å². The number of benzene rings is 4. The zero-order valence-electron chi connectivity index (χ0n) is 26.0. The van der Waals surface area contributed by atoms with Crippen molar-refractivity contribution in [3.8, 4) is 5.75 Å². The summed E-state index contributed by atoms with van der Waals surface area (Å²) < 4.78 is 12.9. The number of phenolic OH excluding ortho intramolecular Hbond substituents is 1. The predicted octanol–water partition coefficient (Wildman–Crippen LogP) is 5.48. The van der Waals surface area contributed by atoms with Gasteiger partial charge in [0, 0.05) is 36.3 Å². The van der Waals surface area contributed by atoms with Gasteiger partial charge >= 0.3 is 0 Å². The van der Waals surface area contributed by atoms with E-state index in [4.69, 9.17) is 9.47 Å². The Morgan fingerprint density at radius 2 is 1.61 bits per heavy atom. The summed E-state index contributed by atoms with van der Waals surface area (Å²) in [5, 5.41) is 32.9. The maximum atomic E-state index is 12.7. The van der Waals surface area contributed by atoms with E-state index in [0.717, 1.165) is 22.3 Å². The van der Waals surface area contributed by atoms with Gasteiger partial charge in [-0.1, -0.05) is 72.8 Å². The number of aromatic hydroxyl groups is 1. The van der Waals surface area contributed by atoms with E-state index in [1.165, 1.54) is 6.92 Å². The quantitative estimate of drug-likeness (QED) is 0.153. The van der Waals surface area contributed by atoms with Crippen LogP contribution in [0.4, 0.5) is 5.69 Å². The number of hydrogen-bond acceptors (Lipinski definition) is 8. The molecule has 4 aromatic rings. The summed E-state index contributed by atoms with van der Waals surface area (Å²) in [5.41, 5.74) is 5.15. The molecule has 4 aromatic carbocycles. The number of amides is 1. The maximum Gasteiger partial charge on any atom is 0.228 e. The van der Waals surface area contributed by atoms with E-state index in [2.05, 4.69) is 5.32 Å². The smallest absolute Gasteiger partial charge is 0.228 e. The lowest BCUT2D eigenvalue weighted by atomic mass is 9.99. The minimum Gasteiger partial charge on any atom is -0.508 e. The first-order chi connectivity index (χ1) is 22.2. The number of ether oxygens (including phenoxy) is 2. The normalized spacial score (nSPS) is 18.7. The first kappa shape index (κ1) is 33.0. The Morgan fingerprint density at radius 1 is 0.913 bits per heavy atom. The van der Waals surface area contributed by atoms with Crippen LogP contribution in [-0.2, 0) is 27.3 Å². The second kappa shape index (κ2) is 15.3. The van der Waals surface area contributed by atoms with Crippen LogP contribution in [-0.4, -0.2) is 58.2 Å². The number of nitrogens with zero attached hydrogens (tertiary/aromatic N) is 1. The predicted molar refractivity (Wildman–Crippen MR) is 174 cm³/mol.